The van der Waals surface area contributed by atoms with Gasteiger partial charge >= 0.3 is 0 Å². The number of aromatic nitrogens is 2. The Morgan fingerprint density at radius 3 is 2.76 bits per heavy atom. The van der Waals surface area contributed by atoms with Crippen LogP contribution < -0.4 is 5.32 Å². The first-order valence-electron chi connectivity index (χ1n) is 7.11. The zero-order chi connectivity index (χ0) is 17.8. The van der Waals surface area contributed by atoms with Gasteiger partial charge in [-0.2, -0.15) is 0 Å². The number of pyridine rings is 1. The average Bonchev–Trinajstić information content (AvgIpc) is 3.09. The third-order valence-electron chi connectivity index (χ3n) is 3.31. The van der Waals surface area contributed by atoms with Crippen LogP contribution in [-0.4, -0.2) is 20.8 Å². The molecule has 9 heteroatoms. The number of benzene rings is 1. The number of thiazole rings is 1. The summed E-state index contributed by atoms with van der Waals surface area (Å²) < 4.78 is 0. The van der Waals surface area contributed by atoms with Crippen LogP contribution in [0.1, 0.15) is 16.1 Å². The molecular weight excluding hydrogens is 364 g/mol. The summed E-state index contributed by atoms with van der Waals surface area (Å²) >= 11 is 7.20. The number of hydrogen-bond acceptors (Lipinski definition) is 6. The number of nitrogens with zero attached hydrogens (tertiary/aromatic N) is 3. The zero-order valence-corrected chi connectivity index (χ0v) is 14.3. The van der Waals surface area contributed by atoms with Crippen molar-refractivity contribution in [1.29, 1.82) is 0 Å². The van der Waals surface area contributed by atoms with Gasteiger partial charge in [0.1, 0.15) is 10.0 Å². The Balaban J connectivity index is 1.68. The molecule has 3 aromatic rings. The molecule has 0 saturated heterocycles. The van der Waals surface area contributed by atoms with Gasteiger partial charge in [0.25, 0.3) is 11.6 Å². The van der Waals surface area contributed by atoms with Crippen molar-refractivity contribution < 1.29 is 9.72 Å². The predicted octanol–water partition coefficient (Wildman–Crippen LogP) is 3.70. The molecule has 126 valence electrons. The summed E-state index contributed by atoms with van der Waals surface area (Å²) in [6.07, 6.45) is 3.37. The fraction of sp³-hybridized carbons (Fsp3) is 0.0625. The Hall–Kier alpha value is -2.84. The Morgan fingerprint density at radius 2 is 2.04 bits per heavy atom. The normalized spacial score (nSPS) is 10.4. The summed E-state index contributed by atoms with van der Waals surface area (Å²) in [4.78, 5) is 30.8. The average molecular weight is 375 g/mol. The minimum Gasteiger partial charge on any atom is -0.346 e. The summed E-state index contributed by atoms with van der Waals surface area (Å²) in [7, 11) is 0. The summed E-state index contributed by atoms with van der Waals surface area (Å²) in [5, 5.41) is 16.2. The van der Waals surface area contributed by atoms with E-state index in [1.54, 1.807) is 12.4 Å². The van der Waals surface area contributed by atoms with E-state index in [0.717, 1.165) is 16.6 Å². The van der Waals surface area contributed by atoms with E-state index >= 15 is 0 Å². The number of amides is 1. The second-order valence-electron chi connectivity index (χ2n) is 4.99. The largest absolute Gasteiger partial charge is 0.346 e. The van der Waals surface area contributed by atoms with Crippen molar-refractivity contribution in [2.75, 3.05) is 0 Å². The van der Waals surface area contributed by atoms with E-state index in [9.17, 15) is 14.9 Å². The van der Waals surface area contributed by atoms with E-state index in [4.69, 9.17) is 11.6 Å². The highest BCUT2D eigenvalue weighted by Crippen LogP contribution is 2.25. The molecule has 0 aliphatic heterocycles. The third kappa shape index (κ3) is 3.98. The Kier molecular flexibility index (Phi) is 5.01. The number of nitro benzene ring substituents is 1. The van der Waals surface area contributed by atoms with Crippen LogP contribution in [0.4, 0.5) is 5.69 Å². The van der Waals surface area contributed by atoms with E-state index in [1.807, 2.05) is 17.5 Å². The minimum atomic E-state index is -0.624. The van der Waals surface area contributed by atoms with Gasteiger partial charge in [-0.15, -0.1) is 11.3 Å². The number of carbonyl (C=O) groups is 1. The van der Waals surface area contributed by atoms with Gasteiger partial charge in [0.05, 0.1) is 17.2 Å². The van der Waals surface area contributed by atoms with Gasteiger partial charge in [0, 0.05) is 35.0 Å². The number of carbonyl (C=O) groups excluding carboxylic acids is 1. The van der Waals surface area contributed by atoms with Crippen molar-refractivity contribution in [3.05, 3.63) is 74.5 Å². The van der Waals surface area contributed by atoms with Gasteiger partial charge in [0.15, 0.2) is 0 Å². The Labute approximate surface area is 151 Å². The first kappa shape index (κ1) is 17.0. The molecule has 0 saturated carbocycles. The first-order valence-corrected chi connectivity index (χ1v) is 8.37. The molecule has 0 aliphatic rings. The maximum absolute atomic E-state index is 12.2. The molecule has 1 N–H and O–H groups in total. The number of nitrogens with one attached hydrogen (secondary N) is 1. The molecule has 0 fully saturated rings. The van der Waals surface area contributed by atoms with E-state index in [1.165, 1.54) is 23.5 Å². The standard InChI is InChI=1S/C16H11ClN4O3S/c17-13-2-1-11(7-14(13)21(23)24)15(22)19-8-12-9-25-16(20-12)10-3-5-18-6-4-10/h1-7,9H,8H2,(H,19,22). The maximum atomic E-state index is 12.2. The molecule has 2 aromatic heterocycles. The van der Waals surface area contributed by atoms with E-state index < -0.39 is 10.8 Å². The van der Waals surface area contributed by atoms with Crippen LogP contribution in [0.25, 0.3) is 10.6 Å². The van der Waals surface area contributed by atoms with Crippen LogP contribution in [0.2, 0.25) is 5.02 Å². The zero-order valence-electron chi connectivity index (χ0n) is 12.7. The summed E-state index contributed by atoms with van der Waals surface area (Å²) in [6, 6.07) is 7.64. The molecule has 7 nitrogen and oxygen atoms in total. The van der Waals surface area contributed by atoms with Crippen LogP contribution in [0.5, 0.6) is 0 Å². The molecular formula is C16H11ClN4O3S. The van der Waals surface area contributed by atoms with Crippen molar-refractivity contribution >= 4 is 34.5 Å². The highest BCUT2D eigenvalue weighted by molar-refractivity contribution is 7.13. The summed E-state index contributed by atoms with van der Waals surface area (Å²) in [6.45, 7) is 0.219. The predicted molar refractivity (Wildman–Crippen MR) is 94.6 cm³/mol. The molecule has 0 spiro atoms. The second kappa shape index (κ2) is 7.37. The van der Waals surface area contributed by atoms with Crippen molar-refractivity contribution in [3.8, 4) is 10.6 Å². The lowest BCUT2D eigenvalue weighted by Gasteiger charge is -2.04. The van der Waals surface area contributed by atoms with Crippen molar-refractivity contribution in [2.45, 2.75) is 6.54 Å². The molecule has 3 rings (SSSR count). The second-order valence-corrected chi connectivity index (χ2v) is 6.25. The monoisotopic (exact) mass is 374 g/mol. The smallest absolute Gasteiger partial charge is 0.288 e. The molecule has 25 heavy (non-hydrogen) atoms. The van der Waals surface area contributed by atoms with Crippen molar-refractivity contribution in [1.82, 2.24) is 15.3 Å². The molecule has 0 radical (unpaired) electrons. The van der Waals surface area contributed by atoms with E-state index in [2.05, 4.69) is 15.3 Å². The first-order chi connectivity index (χ1) is 12.0. The lowest BCUT2D eigenvalue weighted by molar-refractivity contribution is -0.384. The quantitative estimate of drug-likeness (QED) is 0.542. The van der Waals surface area contributed by atoms with Crippen LogP contribution in [-0.2, 0) is 6.54 Å². The summed E-state index contributed by atoms with van der Waals surface area (Å²) in [5.41, 5.74) is 1.52. The van der Waals surface area contributed by atoms with Gasteiger partial charge in [-0.05, 0) is 24.3 Å². The number of hydrogen-bond donors (Lipinski definition) is 1. The fourth-order valence-corrected chi connectivity index (χ4v) is 3.09. The van der Waals surface area contributed by atoms with Gasteiger partial charge in [-0.25, -0.2) is 4.98 Å². The molecule has 0 unspecified atom stereocenters. The highest BCUT2D eigenvalue weighted by atomic mass is 35.5. The fourth-order valence-electron chi connectivity index (χ4n) is 2.08. The minimum absolute atomic E-state index is 0.0111. The highest BCUT2D eigenvalue weighted by Gasteiger charge is 2.16. The van der Waals surface area contributed by atoms with Crippen molar-refractivity contribution in [3.63, 3.8) is 0 Å². The Bertz CT molecular complexity index is 930. The lowest BCUT2D eigenvalue weighted by Crippen LogP contribution is -2.23. The van der Waals surface area contributed by atoms with Crippen LogP contribution >= 0.6 is 22.9 Å². The topological polar surface area (TPSA) is 98.0 Å². The third-order valence-corrected chi connectivity index (χ3v) is 4.57. The molecule has 0 aliphatic carbocycles. The SMILES string of the molecule is O=C(NCc1csc(-c2ccncc2)n1)c1ccc(Cl)c([N+](=O)[O-])c1. The number of halogens is 1. The van der Waals surface area contributed by atoms with E-state index in [-0.39, 0.29) is 22.8 Å². The molecule has 0 bridgehead atoms. The summed E-state index contributed by atoms with van der Waals surface area (Å²) in [5.74, 6) is -0.432. The van der Waals surface area contributed by atoms with Gasteiger partial charge in [-0.3, -0.25) is 19.9 Å². The van der Waals surface area contributed by atoms with Crippen LogP contribution in [0.15, 0.2) is 48.1 Å². The van der Waals surface area contributed by atoms with Gasteiger partial charge in [-0.1, -0.05) is 11.6 Å². The van der Waals surface area contributed by atoms with Gasteiger partial charge < -0.3 is 5.32 Å². The Morgan fingerprint density at radius 1 is 1.28 bits per heavy atom. The molecule has 0 atom stereocenters. The van der Waals surface area contributed by atoms with E-state index in [0.29, 0.717) is 5.69 Å². The molecule has 1 amide bonds. The van der Waals surface area contributed by atoms with Crippen LogP contribution in [0.3, 0.4) is 0 Å². The molecule has 2 heterocycles. The number of nitro groups is 1. The van der Waals surface area contributed by atoms with Gasteiger partial charge in [0.2, 0.25) is 0 Å². The van der Waals surface area contributed by atoms with Crippen LogP contribution in [0, 0.1) is 10.1 Å². The number of rotatable bonds is 5. The maximum Gasteiger partial charge on any atom is 0.288 e. The lowest BCUT2D eigenvalue weighted by atomic mass is 10.2. The van der Waals surface area contributed by atoms with Crippen molar-refractivity contribution in [2.24, 2.45) is 0 Å². The molecule has 1 aromatic carbocycles.